The Hall–Kier alpha value is -4.64. The maximum Gasteiger partial charge on any atom is 0.408 e. The molecule has 0 saturated heterocycles. The topological polar surface area (TPSA) is 58.6 Å². The van der Waals surface area contributed by atoms with E-state index in [-0.39, 0.29) is 12.3 Å². The number of hydrogen-bond acceptors (Lipinski definition) is 3. The Morgan fingerprint density at radius 3 is 1.66 bits per heavy atom. The number of rotatable bonds is 7. The third-order valence-electron chi connectivity index (χ3n) is 7.36. The van der Waals surface area contributed by atoms with Crippen LogP contribution in [0.1, 0.15) is 56.4 Å². The van der Waals surface area contributed by atoms with Gasteiger partial charge in [0, 0.05) is 12.0 Å². The molecule has 1 heterocycles. The van der Waals surface area contributed by atoms with Crippen LogP contribution in [0.25, 0.3) is 0 Å². The van der Waals surface area contributed by atoms with Gasteiger partial charge >= 0.3 is 6.09 Å². The van der Waals surface area contributed by atoms with E-state index in [0.29, 0.717) is 11.3 Å². The molecule has 41 heavy (non-hydrogen) atoms. The highest BCUT2D eigenvalue weighted by molar-refractivity contribution is 6.11. The molecule has 0 radical (unpaired) electrons. The van der Waals surface area contributed by atoms with Gasteiger partial charge in [0.05, 0.1) is 5.69 Å². The smallest absolute Gasteiger partial charge is 0.408 e. The number of amides is 2. The summed E-state index contributed by atoms with van der Waals surface area (Å²) in [5.41, 5.74) is 1.72. The highest BCUT2D eigenvalue weighted by atomic mass is 16.6. The summed E-state index contributed by atoms with van der Waals surface area (Å²) in [5.74, 6) is -0.260. The van der Waals surface area contributed by atoms with Crippen molar-refractivity contribution in [1.29, 1.82) is 0 Å². The van der Waals surface area contributed by atoms with Gasteiger partial charge < -0.3 is 10.1 Å². The molecule has 0 saturated carbocycles. The molecule has 0 bridgehead atoms. The molecule has 4 aromatic rings. The van der Waals surface area contributed by atoms with Gasteiger partial charge in [0.2, 0.25) is 0 Å². The Bertz CT molecular complexity index is 1460. The van der Waals surface area contributed by atoms with Crippen molar-refractivity contribution < 1.29 is 14.3 Å². The molecule has 0 fully saturated rings. The lowest BCUT2D eigenvalue weighted by Gasteiger charge is -2.45. The number of benzene rings is 4. The maximum atomic E-state index is 15.3. The molecule has 208 valence electrons. The summed E-state index contributed by atoms with van der Waals surface area (Å²) < 4.78 is 5.69. The molecule has 5 heteroatoms. The Balaban J connectivity index is 1.85. The van der Waals surface area contributed by atoms with E-state index in [1.54, 1.807) is 20.8 Å². The van der Waals surface area contributed by atoms with Crippen molar-refractivity contribution in [1.82, 2.24) is 5.32 Å². The van der Waals surface area contributed by atoms with E-state index in [1.165, 1.54) is 0 Å². The van der Waals surface area contributed by atoms with E-state index in [1.807, 2.05) is 90.7 Å². The van der Waals surface area contributed by atoms with Gasteiger partial charge in [-0.2, -0.15) is 0 Å². The summed E-state index contributed by atoms with van der Waals surface area (Å²) in [6.07, 6.45) is -0.443. The van der Waals surface area contributed by atoms with Gasteiger partial charge in [-0.25, -0.2) is 4.79 Å². The molecule has 0 aliphatic carbocycles. The molecule has 0 aromatic heterocycles. The quantitative estimate of drug-likeness (QED) is 0.191. The van der Waals surface area contributed by atoms with Crippen LogP contribution in [-0.4, -0.2) is 17.6 Å². The Labute approximate surface area is 242 Å². The van der Waals surface area contributed by atoms with Crippen LogP contribution in [0.15, 0.2) is 127 Å². The summed E-state index contributed by atoms with van der Waals surface area (Å²) in [5, 5.41) is 3.03. The largest absolute Gasteiger partial charge is 0.444 e. The normalized spacial score (nSPS) is 16.7. The zero-order valence-electron chi connectivity index (χ0n) is 24.1. The number of nitrogens with one attached hydrogen (secondary N) is 1. The van der Waals surface area contributed by atoms with E-state index in [9.17, 15) is 4.79 Å². The first-order chi connectivity index (χ1) is 19.6. The molecule has 0 spiro atoms. The van der Waals surface area contributed by atoms with Crippen LogP contribution in [-0.2, 0) is 20.6 Å². The summed E-state index contributed by atoms with van der Waals surface area (Å²) in [6.45, 7) is 11.4. The van der Waals surface area contributed by atoms with Crippen LogP contribution >= 0.6 is 0 Å². The van der Waals surface area contributed by atoms with Crippen molar-refractivity contribution in [3.63, 3.8) is 0 Å². The third-order valence-corrected chi connectivity index (χ3v) is 7.36. The van der Waals surface area contributed by atoms with Gasteiger partial charge in [-0.1, -0.05) is 115 Å². The van der Waals surface area contributed by atoms with E-state index < -0.39 is 22.8 Å². The first-order valence-electron chi connectivity index (χ1n) is 13.9. The minimum absolute atomic E-state index is 0.215. The van der Waals surface area contributed by atoms with Crippen molar-refractivity contribution in [2.75, 3.05) is 4.90 Å². The van der Waals surface area contributed by atoms with Gasteiger partial charge in [0.15, 0.2) is 5.54 Å². The van der Waals surface area contributed by atoms with Crippen molar-refractivity contribution in [3.8, 4) is 0 Å². The average molecular weight is 545 g/mol. The second kappa shape index (κ2) is 10.7. The highest BCUT2D eigenvalue weighted by Gasteiger charge is 2.59. The monoisotopic (exact) mass is 544 g/mol. The number of para-hydroxylation sites is 1. The van der Waals surface area contributed by atoms with E-state index in [0.717, 1.165) is 22.3 Å². The lowest BCUT2D eigenvalue weighted by molar-refractivity contribution is -0.125. The number of carbonyl (C=O) groups is 2. The molecular weight excluding hydrogens is 508 g/mol. The molecular formula is C36H36N2O3. The van der Waals surface area contributed by atoms with Crippen molar-refractivity contribution in [2.24, 2.45) is 0 Å². The van der Waals surface area contributed by atoms with Crippen LogP contribution in [0.3, 0.4) is 0 Å². The molecule has 5 rings (SSSR count). The molecule has 4 aromatic carbocycles. The molecule has 1 aliphatic heterocycles. The van der Waals surface area contributed by atoms with Crippen LogP contribution in [0.5, 0.6) is 0 Å². The first-order valence-corrected chi connectivity index (χ1v) is 13.9. The minimum atomic E-state index is -1.42. The molecule has 1 atom stereocenters. The van der Waals surface area contributed by atoms with Crippen LogP contribution in [0, 0.1) is 0 Å². The second-order valence-electron chi connectivity index (χ2n) is 11.6. The molecule has 2 amide bonds. The van der Waals surface area contributed by atoms with Crippen molar-refractivity contribution >= 4 is 17.7 Å². The van der Waals surface area contributed by atoms with Crippen molar-refractivity contribution in [3.05, 3.63) is 150 Å². The van der Waals surface area contributed by atoms with E-state index in [4.69, 9.17) is 4.74 Å². The summed E-state index contributed by atoms with van der Waals surface area (Å²) in [4.78, 5) is 30.6. The fraction of sp³-hybridized carbons (Fsp3) is 0.222. The maximum absolute atomic E-state index is 15.3. The number of ether oxygens (including phenoxy) is 1. The number of nitrogens with zero attached hydrogens (tertiary/aromatic N) is 1. The summed E-state index contributed by atoms with van der Waals surface area (Å²) in [6, 6.07) is 37.8. The lowest BCUT2D eigenvalue weighted by Crippen LogP contribution is -2.59. The summed E-state index contributed by atoms with van der Waals surface area (Å²) >= 11 is 0. The fourth-order valence-corrected chi connectivity index (χ4v) is 5.97. The second-order valence-corrected chi connectivity index (χ2v) is 11.6. The molecule has 0 unspecified atom stereocenters. The highest BCUT2D eigenvalue weighted by Crippen LogP contribution is 2.53. The number of anilines is 1. The Kier molecular flexibility index (Phi) is 7.31. The van der Waals surface area contributed by atoms with Gasteiger partial charge in [-0.3, -0.25) is 9.69 Å². The number of hydrogen-bond donors (Lipinski definition) is 1. The fourth-order valence-electron chi connectivity index (χ4n) is 5.97. The van der Waals surface area contributed by atoms with Crippen molar-refractivity contribution in [2.45, 2.75) is 50.8 Å². The Morgan fingerprint density at radius 1 is 0.780 bits per heavy atom. The molecule has 5 nitrogen and oxygen atoms in total. The predicted molar refractivity (Wildman–Crippen MR) is 164 cm³/mol. The number of fused-ring (bicyclic) bond motifs is 1. The zero-order chi connectivity index (χ0) is 29.3. The summed E-state index contributed by atoms with van der Waals surface area (Å²) in [7, 11) is 0. The van der Waals surface area contributed by atoms with Gasteiger partial charge in [-0.15, -0.1) is 6.58 Å². The number of alkyl carbamates (subject to hydrolysis) is 1. The zero-order valence-corrected chi connectivity index (χ0v) is 24.1. The SMILES string of the molecule is C=C(C)C[C@@]1(NC(=O)OC(C)(C)C)C(=O)N(C(c2ccccc2)(c2ccccc2)c2ccccc2)c2ccccc21. The average Bonchev–Trinajstić information content (AvgIpc) is 3.17. The molecule has 1 aliphatic rings. The molecule has 1 N–H and O–H groups in total. The van der Waals surface area contributed by atoms with Crippen LogP contribution < -0.4 is 10.2 Å². The van der Waals surface area contributed by atoms with Gasteiger partial charge in [0.1, 0.15) is 11.1 Å². The third kappa shape index (κ3) is 4.93. The van der Waals surface area contributed by atoms with Crippen LogP contribution in [0.4, 0.5) is 10.5 Å². The predicted octanol–water partition coefficient (Wildman–Crippen LogP) is 7.71. The first kappa shape index (κ1) is 27.9. The van der Waals surface area contributed by atoms with Gasteiger partial charge in [-0.05, 0) is 50.5 Å². The van der Waals surface area contributed by atoms with E-state index >= 15 is 4.79 Å². The number of carbonyl (C=O) groups excluding carboxylic acids is 2. The Morgan fingerprint density at radius 2 is 1.22 bits per heavy atom. The lowest BCUT2D eigenvalue weighted by atomic mass is 9.75. The van der Waals surface area contributed by atoms with E-state index in [2.05, 4.69) is 48.3 Å². The minimum Gasteiger partial charge on any atom is -0.444 e. The van der Waals surface area contributed by atoms with Gasteiger partial charge in [0.25, 0.3) is 5.91 Å². The van der Waals surface area contributed by atoms with Crippen LogP contribution in [0.2, 0.25) is 0 Å². The standard InChI is InChI=1S/C36H36N2O3/c1-26(2)25-35(37-33(40)41-34(3,4)5)30-23-15-16-24-31(30)38(32(35)39)36(27-17-9-6-10-18-27,28-19-11-7-12-20-28)29-21-13-8-14-22-29/h6-24H,1,25H2,2-5H3,(H,37,40)/t35-/m0/s1.